The van der Waals surface area contributed by atoms with Gasteiger partial charge in [0.15, 0.2) is 5.16 Å². The Morgan fingerprint density at radius 2 is 1.82 bits per heavy atom. The molecule has 7 nitrogen and oxygen atoms in total. The van der Waals surface area contributed by atoms with Crippen LogP contribution in [0.25, 0.3) is 16.6 Å². The van der Waals surface area contributed by atoms with Crippen molar-refractivity contribution >= 4 is 34.3 Å². The first-order valence-electron chi connectivity index (χ1n) is 10.1. The van der Waals surface area contributed by atoms with Crippen molar-refractivity contribution in [3.8, 4) is 17.2 Å². The number of benzene rings is 3. The lowest BCUT2D eigenvalue weighted by atomic mass is 10.2. The van der Waals surface area contributed by atoms with Gasteiger partial charge in [0.05, 0.1) is 29.5 Å². The van der Waals surface area contributed by atoms with Crippen molar-refractivity contribution in [3.05, 3.63) is 83.2 Å². The number of nitrogens with one attached hydrogen (secondary N) is 1. The van der Waals surface area contributed by atoms with Gasteiger partial charge in [0, 0.05) is 11.8 Å². The summed E-state index contributed by atoms with van der Waals surface area (Å²) in [5.74, 6) is 0.254. The van der Waals surface area contributed by atoms with Gasteiger partial charge in [-0.05, 0) is 48.5 Å². The highest BCUT2D eigenvalue weighted by Crippen LogP contribution is 2.24. The number of ether oxygens (including phenoxy) is 2. The molecule has 4 rings (SSSR count). The molecule has 10 heteroatoms. The Hall–Kier alpha value is -3.92. The van der Waals surface area contributed by atoms with Gasteiger partial charge < -0.3 is 14.8 Å². The lowest BCUT2D eigenvalue weighted by Gasteiger charge is -2.14. The minimum Gasteiger partial charge on any atom is -0.497 e. The number of thioether (sulfide) groups is 1. The van der Waals surface area contributed by atoms with Crippen LogP contribution in [-0.4, -0.2) is 34.9 Å². The first-order valence-corrected chi connectivity index (χ1v) is 11.1. The zero-order chi connectivity index (χ0) is 24.1. The lowest BCUT2D eigenvalue weighted by molar-refractivity contribution is -0.113. The summed E-state index contributed by atoms with van der Waals surface area (Å²) in [5.41, 5.74) is 1.12. The number of aromatic nitrogens is 2. The van der Waals surface area contributed by atoms with Crippen LogP contribution in [0, 0.1) is 0 Å². The van der Waals surface area contributed by atoms with E-state index in [2.05, 4.69) is 15.0 Å². The molecule has 0 bridgehead atoms. The molecule has 0 unspecified atom stereocenters. The van der Waals surface area contributed by atoms with E-state index in [1.165, 1.54) is 35.9 Å². The quantitative estimate of drug-likeness (QED) is 0.288. The van der Waals surface area contributed by atoms with Crippen LogP contribution in [0.3, 0.4) is 0 Å². The highest BCUT2D eigenvalue weighted by atomic mass is 32.2. The molecular weight excluding hydrogens is 464 g/mol. The van der Waals surface area contributed by atoms with Gasteiger partial charge in [0.2, 0.25) is 5.91 Å². The Bertz CT molecular complexity index is 1380. The fourth-order valence-corrected chi connectivity index (χ4v) is 4.05. The molecule has 1 amide bonds. The molecule has 0 saturated heterocycles. The number of anilines is 1. The van der Waals surface area contributed by atoms with Gasteiger partial charge in [-0.15, -0.1) is 0 Å². The average molecular weight is 483 g/mol. The molecule has 0 spiro atoms. The molecule has 0 atom stereocenters. The minimum absolute atomic E-state index is 0.0193. The van der Waals surface area contributed by atoms with Gasteiger partial charge in [-0.2, -0.15) is 8.78 Å². The third kappa shape index (κ3) is 5.34. The molecule has 3 aromatic carbocycles. The number of rotatable bonds is 8. The number of hydrogen-bond acceptors (Lipinski definition) is 6. The lowest BCUT2D eigenvalue weighted by Crippen LogP contribution is -2.23. The predicted molar refractivity (Wildman–Crippen MR) is 126 cm³/mol. The topological polar surface area (TPSA) is 82.5 Å². The van der Waals surface area contributed by atoms with E-state index in [0.717, 1.165) is 11.8 Å². The molecule has 1 heterocycles. The van der Waals surface area contributed by atoms with Gasteiger partial charge in [0.1, 0.15) is 11.5 Å². The fraction of sp³-hybridized carbons (Fsp3) is 0.125. The Kier molecular flexibility index (Phi) is 7.07. The van der Waals surface area contributed by atoms with Crippen molar-refractivity contribution in [1.29, 1.82) is 0 Å². The first-order chi connectivity index (χ1) is 16.4. The summed E-state index contributed by atoms with van der Waals surface area (Å²) in [5, 5.41) is 3.45. The molecule has 174 valence electrons. The summed E-state index contributed by atoms with van der Waals surface area (Å²) >= 11 is 1.08. The van der Waals surface area contributed by atoms with Crippen molar-refractivity contribution in [2.75, 3.05) is 18.2 Å². The Balaban J connectivity index is 1.63. The molecule has 4 aromatic rings. The number of para-hydroxylation sites is 1. The second-order valence-electron chi connectivity index (χ2n) is 6.99. The molecule has 1 aromatic heterocycles. The van der Waals surface area contributed by atoms with Crippen molar-refractivity contribution in [1.82, 2.24) is 9.55 Å². The van der Waals surface area contributed by atoms with Gasteiger partial charge >= 0.3 is 6.61 Å². The van der Waals surface area contributed by atoms with Crippen LogP contribution in [0.4, 0.5) is 14.5 Å². The number of nitrogens with zero attached hydrogens (tertiary/aromatic N) is 2. The smallest absolute Gasteiger partial charge is 0.387 e. The molecule has 0 aliphatic carbocycles. The Labute approximate surface area is 197 Å². The maximum Gasteiger partial charge on any atom is 0.387 e. The monoisotopic (exact) mass is 483 g/mol. The van der Waals surface area contributed by atoms with E-state index in [-0.39, 0.29) is 28.1 Å². The highest BCUT2D eigenvalue weighted by molar-refractivity contribution is 7.99. The molecule has 0 aliphatic heterocycles. The summed E-state index contributed by atoms with van der Waals surface area (Å²) in [6.45, 7) is -2.95. The van der Waals surface area contributed by atoms with Crippen LogP contribution >= 0.6 is 11.8 Å². The summed E-state index contributed by atoms with van der Waals surface area (Å²) in [4.78, 5) is 30.4. The third-order valence-electron chi connectivity index (χ3n) is 4.75. The zero-order valence-corrected chi connectivity index (χ0v) is 18.7. The van der Waals surface area contributed by atoms with E-state index in [0.29, 0.717) is 28.0 Å². The van der Waals surface area contributed by atoms with E-state index in [1.54, 1.807) is 48.5 Å². The van der Waals surface area contributed by atoms with Crippen LogP contribution < -0.4 is 20.3 Å². The fourth-order valence-electron chi connectivity index (χ4n) is 3.24. The van der Waals surface area contributed by atoms with Crippen molar-refractivity contribution in [2.24, 2.45) is 0 Å². The largest absolute Gasteiger partial charge is 0.497 e. The molecular formula is C24H19F2N3O4S. The maximum atomic E-state index is 13.3. The number of amides is 1. The SMILES string of the molecule is COc1cccc(NC(=O)CSc2nc3ccccc3c(=O)n2-c2ccc(OC(F)F)cc2)c1. The third-order valence-corrected chi connectivity index (χ3v) is 5.69. The number of hydrogen-bond donors (Lipinski definition) is 1. The van der Waals surface area contributed by atoms with Gasteiger partial charge in [-0.1, -0.05) is 30.0 Å². The number of halogens is 2. The second-order valence-corrected chi connectivity index (χ2v) is 7.94. The number of fused-ring (bicyclic) bond motifs is 1. The average Bonchev–Trinajstić information content (AvgIpc) is 2.83. The van der Waals surface area contributed by atoms with Gasteiger partial charge in [-0.25, -0.2) is 4.98 Å². The summed E-state index contributed by atoms with van der Waals surface area (Å²) in [7, 11) is 1.54. The van der Waals surface area contributed by atoms with E-state index in [1.807, 2.05) is 0 Å². The molecule has 34 heavy (non-hydrogen) atoms. The van der Waals surface area contributed by atoms with E-state index in [4.69, 9.17) is 4.74 Å². The van der Waals surface area contributed by atoms with E-state index in [9.17, 15) is 18.4 Å². The Morgan fingerprint density at radius 1 is 1.06 bits per heavy atom. The number of methoxy groups -OCH3 is 1. The summed E-state index contributed by atoms with van der Waals surface area (Å²) < 4.78 is 35.9. The molecule has 0 fully saturated rings. The standard InChI is InChI=1S/C24H19F2N3O4S/c1-32-18-6-4-5-15(13-18)27-21(30)14-34-24-28-20-8-3-2-7-19(20)22(31)29(24)16-9-11-17(12-10-16)33-23(25)26/h2-13,23H,14H2,1H3,(H,27,30). The maximum absolute atomic E-state index is 13.3. The zero-order valence-electron chi connectivity index (χ0n) is 17.9. The minimum atomic E-state index is -2.95. The van der Waals surface area contributed by atoms with Crippen molar-refractivity contribution in [2.45, 2.75) is 11.8 Å². The number of alkyl halides is 2. The Morgan fingerprint density at radius 3 is 2.56 bits per heavy atom. The molecule has 0 radical (unpaired) electrons. The molecule has 1 N–H and O–H groups in total. The highest BCUT2D eigenvalue weighted by Gasteiger charge is 2.15. The van der Waals surface area contributed by atoms with Crippen LogP contribution in [0.15, 0.2) is 82.7 Å². The predicted octanol–water partition coefficient (Wildman–Crippen LogP) is 4.73. The van der Waals surface area contributed by atoms with Crippen LogP contribution in [0.2, 0.25) is 0 Å². The van der Waals surface area contributed by atoms with E-state index < -0.39 is 6.61 Å². The van der Waals surface area contributed by atoms with Crippen LogP contribution in [-0.2, 0) is 4.79 Å². The van der Waals surface area contributed by atoms with E-state index >= 15 is 0 Å². The number of carbonyl (C=O) groups excluding carboxylic acids is 1. The molecule has 0 aliphatic rings. The molecule has 0 saturated carbocycles. The normalized spacial score (nSPS) is 10.9. The van der Waals surface area contributed by atoms with Gasteiger partial charge in [-0.3, -0.25) is 14.2 Å². The summed E-state index contributed by atoms with van der Waals surface area (Å²) in [6.07, 6.45) is 0. The second kappa shape index (κ2) is 10.3. The first kappa shape index (κ1) is 23.2. The summed E-state index contributed by atoms with van der Waals surface area (Å²) in [6, 6.07) is 19.4. The van der Waals surface area contributed by atoms with Crippen LogP contribution in [0.5, 0.6) is 11.5 Å². The van der Waals surface area contributed by atoms with Gasteiger partial charge in [0.25, 0.3) is 5.56 Å². The van der Waals surface area contributed by atoms with Crippen molar-refractivity contribution in [3.63, 3.8) is 0 Å². The van der Waals surface area contributed by atoms with Crippen molar-refractivity contribution < 1.29 is 23.0 Å². The number of carbonyl (C=O) groups is 1. The van der Waals surface area contributed by atoms with Crippen LogP contribution in [0.1, 0.15) is 0 Å².